The van der Waals surface area contributed by atoms with Gasteiger partial charge in [-0.25, -0.2) is 4.57 Å². The summed E-state index contributed by atoms with van der Waals surface area (Å²) in [5.74, 6) is 0.271. The normalized spacial score (nSPS) is 11.8. The van der Waals surface area contributed by atoms with Crippen LogP contribution in [0.3, 0.4) is 0 Å². The monoisotopic (exact) mass is 332 g/mol. The summed E-state index contributed by atoms with van der Waals surface area (Å²) in [5.41, 5.74) is 9.56. The Balaban J connectivity index is -0.000000334. The number of rotatable bonds is 9. The zero-order valence-corrected chi connectivity index (χ0v) is 14.0. The van der Waals surface area contributed by atoms with Crippen LogP contribution in [-0.4, -0.2) is 52.9 Å². The van der Waals surface area contributed by atoms with E-state index in [9.17, 15) is 4.57 Å². The average molecular weight is 332 g/mol. The number of aliphatic hydroxyl groups excluding tert-OH is 2. The van der Waals surface area contributed by atoms with Crippen molar-refractivity contribution in [2.45, 2.75) is 39.5 Å². The second kappa shape index (κ2) is 19.9. The minimum Gasteiger partial charge on any atom is -0.395 e. The first kappa shape index (κ1) is 25.9. The third-order valence-corrected chi connectivity index (χ3v) is 2.77. The van der Waals surface area contributed by atoms with Crippen molar-refractivity contribution in [2.75, 3.05) is 32.9 Å². The van der Waals surface area contributed by atoms with Gasteiger partial charge in [-0.3, -0.25) is 4.52 Å². The van der Waals surface area contributed by atoms with Crippen LogP contribution in [0.25, 0.3) is 0 Å². The minimum absolute atomic E-state index is 0.0972. The van der Waals surface area contributed by atoms with Crippen LogP contribution in [0.15, 0.2) is 0 Å². The van der Waals surface area contributed by atoms with E-state index in [2.05, 4.69) is 11.4 Å². The molecule has 0 saturated heterocycles. The highest BCUT2D eigenvalue weighted by Crippen LogP contribution is 2.36. The van der Waals surface area contributed by atoms with Gasteiger partial charge < -0.3 is 31.5 Å². The van der Waals surface area contributed by atoms with Crippen molar-refractivity contribution < 1.29 is 29.1 Å². The minimum atomic E-state index is -4.26. The molecule has 0 saturated carbocycles. The Hall–Kier alpha value is -0.0500. The molecule has 9 heteroatoms. The van der Waals surface area contributed by atoms with E-state index in [1.54, 1.807) is 0 Å². The highest BCUT2D eigenvalue weighted by molar-refractivity contribution is 7.46. The molecule has 0 radical (unpaired) electrons. The SMILES string of the molecule is CCCCC(CC)COP(=O)(O)O.NCCO.NCCO. The molecule has 8 nitrogen and oxygen atoms in total. The molecule has 1 unspecified atom stereocenters. The van der Waals surface area contributed by atoms with E-state index in [0.717, 1.165) is 25.7 Å². The highest BCUT2D eigenvalue weighted by atomic mass is 31.2. The van der Waals surface area contributed by atoms with Gasteiger partial charge >= 0.3 is 7.82 Å². The van der Waals surface area contributed by atoms with Crippen LogP contribution in [0.1, 0.15) is 39.5 Å². The Bertz CT molecular complexity index is 220. The largest absolute Gasteiger partial charge is 0.469 e. The topological polar surface area (TPSA) is 159 Å². The van der Waals surface area contributed by atoms with Gasteiger partial charge in [-0.1, -0.05) is 33.1 Å². The third kappa shape index (κ3) is 33.0. The zero-order valence-electron chi connectivity index (χ0n) is 13.1. The molecule has 0 aliphatic rings. The van der Waals surface area contributed by atoms with Gasteiger partial charge in [-0.15, -0.1) is 0 Å². The standard InChI is InChI=1S/C8H19O4P.2C2H7NO/c1-3-5-6-8(4-2)7-12-13(9,10)11;2*3-1-2-4/h8H,3-7H2,1-2H3,(H2,9,10,11);2*4H,1-3H2. The zero-order chi connectivity index (χ0) is 17.1. The van der Waals surface area contributed by atoms with Crippen molar-refractivity contribution in [1.29, 1.82) is 0 Å². The van der Waals surface area contributed by atoms with Crippen LogP contribution in [-0.2, 0) is 9.09 Å². The van der Waals surface area contributed by atoms with Crippen molar-refractivity contribution in [3.05, 3.63) is 0 Å². The van der Waals surface area contributed by atoms with Gasteiger partial charge in [-0.2, -0.15) is 0 Å². The molecular formula is C12H33N2O6P. The van der Waals surface area contributed by atoms with E-state index in [4.69, 9.17) is 31.5 Å². The lowest BCUT2D eigenvalue weighted by atomic mass is 10.0. The number of phosphoric ester groups is 1. The van der Waals surface area contributed by atoms with Crippen LogP contribution >= 0.6 is 7.82 Å². The fourth-order valence-corrected chi connectivity index (χ4v) is 1.51. The third-order valence-electron chi connectivity index (χ3n) is 2.28. The number of phosphoric acid groups is 1. The first-order valence-electron chi connectivity index (χ1n) is 7.14. The summed E-state index contributed by atoms with van der Waals surface area (Å²) < 4.78 is 14.8. The molecule has 21 heavy (non-hydrogen) atoms. The molecule has 0 aromatic heterocycles. The average Bonchev–Trinajstić information content (AvgIpc) is 2.47. The van der Waals surface area contributed by atoms with Crippen LogP contribution in [0, 0.1) is 5.92 Å². The number of hydrogen-bond acceptors (Lipinski definition) is 6. The van der Waals surface area contributed by atoms with Gasteiger partial charge in [0.05, 0.1) is 19.8 Å². The molecule has 0 aliphatic carbocycles. The van der Waals surface area contributed by atoms with Crippen molar-refractivity contribution in [3.8, 4) is 0 Å². The van der Waals surface area contributed by atoms with Gasteiger partial charge in [0.2, 0.25) is 0 Å². The van der Waals surface area contributed by atoms with Crippen LogP contribution in [0.2, 0.25) is 0 Å². The summed E-state index contributed by atoms with van der Waals surface area (Å²) in [6.07, 6.45) is 4.07. The summed E-state index contributed by atoms with van der Waals surface area (Å²) in [7, 11) is -4.26. The van der Waals surface area contributed by atoms with E-state index in [-0.39, 0.29) is 25.7 Å². The Morgan fingerprint density at radius 3 is 1.76 bits per heavy atom. The Kier molecular flexibility index (Phi) is 24.6. The first-order chi connectivity index (χ1) is 9.82. The predicted octanol–water partition coefficient (Wildman–Crippen LogP) is 0.187. The maximum Gasteiger partial charge on any atom is 0.469 e. The van der Waals surface area contributed by atoms with Gasteiger partial charge in [0.15, 0.2) is 0 Å². The van der Waals surface area contributed by atoms with E-state index < -0.39 is 7.82 Å². The molecular weight excluding hydrogens is 299 g/mol. The maximum absolute atomic E-state index is 10.4. The van der Waals surface area contributed by atoms with Crippen molar-refractivity contribution in [3.63, 3.8) is 0 Å². The van der Waals surface area contributed by atoms with E-state index in [1.165, 1.54) is 0 Å². The second-order valence-corrected chi connectivity index (χ2v) is 5.47. The Labute approximate surface area is 127 Å². The number of aliphatic hydroxyl groups is 2. The van der Waals surface area contributed by atoms with Crippen LogP contribution in [0.4, 0.5) is 0 Å². The molecule has 0 aromatic carbocycles. The highest BCUT2D eigenvalue weighted by Gasteiger charge is 2.16. The second-order valence-electron chi connectivity index (χ2n) is 4.23. The summed E-state index contributed by atoms with van der Waals surface area (Å²) >= 11 is 0. The van der Waals surface area contributed by atoms with Gasteiger partial charge in [0.1, 0.15) is 0 Å². The van der Waals surface area contributed by atoms with Crippen LogP contribution in [0.5, 0.6) is 0 Å². The number of unbranched alkanes of at least 4 members (excludes halogenated alkanes) is 1. The Morgan fingerprint density at radius 1 is 1.10 bits per heavy atom. The quantitative estimate of drug-likeness (QED) is 0.326. The molecule has 0 fully saturated rings. The molecule has 132 valence electrons. The maximum atomic E-state index is 10.4. The smallest absolute Gasteiger partial charge is 0.395 e. The fraction of sp³-hybridized carbons (Fsp3) is 1.00. The van der Waals surface area contributed by atoms with Crippen molar-refractivity contribution >= 4 is 7.82 Å². The molecule has 0 rings (SSSR count). The molecule has 0 amide bonds. The Morgan fingerprint density at radius 2 is 1.52 bits per heavy atom. The van der Waals surface area contributed by atoms with Gasteiger partial charge in [-0.05, 0) is 12.3 Å². The lowest BCUT2D eigenvalue weighted by molar-refractivity contribution is 0.161. The van der Waals surface area contributed by atoms with E-state index in [1.807, 2.05) is 6.92 Å². The van der Waals surface area contributed by atoms with Crippen molar-refractivity contribution in [2.24, 2.45) is 17.4 Å². The predicted molar refractivity (Wildman–Crippen MR) is 83.6 cm³/mol. The molecule has 0 aromatic rings. The fourth-order valence-electron chi connectivity index (χ4n) is 1.10. The molecule has 8 N–H and O–H groups in total. The molecule has 0 heterocycles. The molecule has 0 bridgehead atoms. The molecule has 0 spiro atoms. The number of nitrogens with two attached hydrogens (primary N) is 2. The number of hydrogen-bond donors (Lipinski definition) is 6. The molecule has 0 aliphatic heterocycles. The van der Waals surface area contributed by atoms with E-state index in [0.29, 0.717) is 13.1 Å². The van der Waals surface area contributed by atoms with Crippen molar-refractivity contribution in [1.82, 2.24) is 0 Å². The summed E-state index contributed by atoms with van der Waals surface area (Å²) in [4.78, 5) is 17.0. The first-order valence-corrected chi connectivity index (χ1v) is 8.67. The summed E-state index contributed by atoms with van der Waals surface area (Å²) in [6, 6.07) is 0. The van der Waals surface area contributed by atoms with E-state index >= 15 is 0 Å². The lowest BCUT2D eigenvalue weighted by Crippen LogP contribution is -2.07. The molecule has 1 atom stereocenters. The lowest BCUT2D eigenvalue weighted by Gasteiger charge is -2.14. The van der Waals surface area contributed by atoms with Crippen LogP contribution < -0.4 is 11.5 Å². The van der Waals surface area contributed by atoms with Gasteiger partial charge in [0.25, 0.3) is 0 Å². The van der Waals surface area contributed by atoms with Gasteiger partial charge in [0, 0.05) is 13.1 Å². The summed E-state index contributed by atoms with van der Waals surface area (Å²) in [5, 5.41) is 15.5. The summed E-state index contributed by atoms with van der Waals surface area (Å²) in [6.45, 7) is 5.21.